The molecule has 0 bridgehead atoms. The zero-order valence-corrected chi connectivity index (χ0v) is 9.49. The molecular formula is C5H3Br3O2. The maximum absolute atomic E-state index is 10.8. The molecule has 5 heteroatoms. The summed E-state index contributed by atoms with van der Waals surface area (Å²) < 4.78 is 3.53. The highest BCUT2D eigenvalue weighted by Crippen LogP contribution is 2.34. The second kappa shape index (κ2) is 4.37. The highest BCUT2D eigenvalue weighted by atomic mass is 80.0. The molecular weight excluding hydrogens is 332 g/mol. The maximum Gasteiger partial charge on any atom is 0.345 e. The second-order valence-electron chi connectivity index (χ2n) is 1.28. The van der Waals surface area contributed by atoms with Crippen LogP contribution in [-0.4, -0.2) is 14.7 Å². The van der Waals surface area contributed by atoms with Crippen molar-refractivity contribution in [2.24, 2.45) is 0 Å². The van der Waals surface area contributed by atoms with Crippen molar-refractivity contribution < 1.29 is 9.53 Å². The molecule has 0 aromatic heterocycles. The van der Waals surface area contributed by atoms with Gasteiger partial charge in [-0.05, 0) is 47.8 Å². The lowest BCUT2D eigenvalue weighted by atomic mass is 10.7. The van der Waals surface area contributed by atoms with Crippen LogP contribution < -0.4 is 0 Å². The molecule has 0 aromatic carbocycles. The van der Waals surface area contributed by atoms with Crippen molar-refractivity contribution in [3.8, 4) is 12.3 Å². The Morgan fingerprint density at radius 2 is 2.10 bits per heavy atom. The number of halogens is 3. The zero-order valence-electron chi connectivity index (χ0n) is 4.73. The highest BCUT2D eigenvalue weighted by Gasteiger charge is 2.30. The quantitative estimate of drug-likeness (QED) is 0.416. The zero-order chi connectivity index (χ0) is 8.20. The van der Waals surface area contributed by atoms with E-state index in [-0.39, 0.29) is 6.61 Å². The van der Waals surface area contributed by atoms with Gasteiger partial charge in [-0.25, -0.2) is 4.79 Å². The van der Waals surface area contributed by atoms with Crippen LogP contribution in [0.3, 0.4) is 0 Å². The topological polar surface area (TPSA) is 26.3 Å². The molecule has 0 saturated carbocycles. The minimum absolute atomic E-state index is 0.0244. The van der Waals surface area contributed by atoms with Gasteiger partial charge in [-0.2, -0.15) is 0 Å². The lowest BCUT2D eigenvalue weighted by Crippen LogP contribution is -2.20. The Balaban J connectivity index is 3.78. The number of carbonyl (C=O) groups is 1. The summed E-state index contributed by atoms with van der Waals surface area (Å²) in [5, 5.41) is 0. The average molecular weight is 335 g/mol. The monoisotopic (exact) mass is 332 g/mol. The molecule has 0 fully saturated rings. The summed E-state index contributed by atoms with van der Waals surface area (Å²) in [6, 6.07) is 0. The fraction of sp³-hybridized carbons (Fsp3) is 0.400. The van der Waals surface area contributed by atoms with Gasteiger partial charge in [-0.1, -0.05) is 5.92 Å². The van der Waals surface area contributed by atoms with Crippen molar-refractivity contribution in [2.45, 2.75) is 2.14 Å². The molecule has 0 aliphatic rings. The average Bonchev–Trinajstić information content (AvgIpc) is 1.80. The SMILES string of the molecule is C#CCOC(=O)C(Br)(Br)Br. The highest BCUT2D eigenvalue weighted by molar-refractivity contribution is 9.40. The van der Waals surface area contributed by atoms with Gasteiger partial charge < -0.3 is 4.74 Å². The Labute approximate surface area is 84.1 Å². The number of hydrogen-bond acceptors (Lipinski definition) is 2. The molecule has 0 unspecified atom stereocenters. The number of esters is 1. The molecule has 56 valence electrons. The van der Waals surface area contributed by atoms with Crippen molar-refractivity contribution in [3.63, 3.8) is 0 Å². The van der Waals surface area contributed by atoms with Crippen LogP contribution in [-0.2, 0) is 9.53 Å². The maximum atomic E-state index is 10.8. The molecule has 0 atom stereocenters. The lowest BCUT2D eigenvalue weighted by Gasteiger charge is -2.08. The molecule has 0 aliphatic heterocycles. The molecule has 0 amide bonds. The van der Waals surface area contributed by atoms with E-state index >= 15 is 0 Å². The lowest BCUT2D eigenvalue weighted by molar-refractivity contribution is -0.140. The van der Waals surface area contributed by atoms with Gasteiger partial charge in [0.15, 0.2) is 6.61 Å². The van der Waals surface area contributed by atoms with Crippen molar-refractivity contribution in [2.75, 3.05) is 6.61 Å². The standard InChI is InChI=1S/C5H3Br3O2/c1-2-3-10-4(9)5(6,7)8/h1H,3H2. The first-order valence-electron chi connectivity index (χ1n) is 2.16. The first-order chi connectivity index (χ1) is 4.48. The summed E-state index contributed by atoms with van der Waals surface area (Å²) in [5.74, 6) is 1.66. The Morgan fingerprint density at radius 3 is 2.40 bits per heavy atom. The van der Waals surface area contributed by atoms with Crippen LogP contribution in [0.5, 0.6) is 0 Å². The van der Waals surface area contributed by atoms with Gasteiger partial charge in [0, 0.05) is 0 Å². The number of ether oxygens (including phenoxy) is 1. The molecule has 10 heavy (non-hydrogen) atoms. The number of carbonyl (C=O) groups excluding carboxylic acids is 1. The minimum atomic E-state index is -1.01. The Hall–Kier alpha value is 0.470. The van der Waals surface area contributed by atoms with Gasteiger partial charge in [-0.15, -0.1) is 6.42 Å². The van der Waals surface area contributed by atoms with Crippen LogP contribution in [0, 0.1) is 12.3 Å². The smallest absolute Gasteiger partial charge is 0.345 e. The predicted molar refractivity (Wildman–Crippen MR) is 49.3 cm³/mol. The molecule has 0 rings (SSSR count). The predicted octanol–water partition coefficient (Wildman–Crippen LogP) is 2.00. The van der Waals surface area contributed by atoms with E-state index in [1.54, 1.807) is 0 Å². The fourth-order valence-corrected chi connectivity index (χ4v) is 0.532. The van der Waals surface area contributed by atoms with Crippen molar-refractivity contribution in [3.05, 3.63) is 0 Å². The summed E-state index contributed by atoms with van der Waals surface area (Å²) in [5.41, 5.74) is 0. The summed E-state index contributed by atoms with van der Waals surface area (Å²) in [6.45, 7) is -0.0244. The normalized spacial score (nSPS) is 10.2. The Bertz CT molecular complexity index is 165. The summed E-state index contributed by atoms with van der Waals surface area (Å²) in [7, 11) is 0. The summed E-state index contributed by atoms with van der Waals surface area (Å²) in [6.07, 6.45) is 4.85. The number of hydrogen-bond donors (Lipinski definition) is 0. The molecule has 0 saturated heterocycles. The number of rotatable bonds is 1. The van der Waals surface area contributed by atoms with E-state index in [0.717, 1.165) is 0 Å². The summed E-state index contributed by atoms with van der Waals surface area (Å²) in [4.78, 5) is 10.8. The Kier molecular flexibility index (Phi) is 4.57. The molecule has 0 N–H and O–H groups in total. The first kappa shape index (κ1) is 10.5. The first-order valence-corrected chi connectivity index (χ1v) is 4.54. The van der Waals surface area contributed by atoms with Gasteiger partial charge in [0.2, 0.25) is 2.14 Å². The second-order valence-corrected chi connectivity index (χ2v) is 8.04. The van der Waals surface area contributed by atoms with Gasteiger partial charge >= 0.3 is 5.97 Å². The van der Waals surface area contributed by atoms with E-state index in [2.05, 4.69) is 58.4 Å². The van der Waals surface area contributed by atoms with Crippen LogP contribution in [0.2, 0.25) is 0 Å². The van der Waals surface area contributed by atoms with Crippen LogP contribution in [0.15, 0.2) is 0 Å². The van der Waals surface area contributed by atoms with Crippen molar-refractivity contribution in [1.82, 2.24) is 0 Å². The van der Waals surface area contributed by atoms with E-state index in [0.29, 0.717) is 0 Å². The largest absolute Gasteiger partial charge is 0.450 e. The number of alkyl halides is 3. The van der Waals surface area contributed by atoms with E-state index in [9.17, 15) is 4.79 Å². The van der Waals surface area contributed by atoms with Gasteiger partial charge in [-0.3, -0.25) is 0 Å². The van der Waals surface area contributed by atoms with Crippen molar-refractivity contribution in [1.29, 1.82) is 0 Å². The molecule has 0 aliphatic carbocycles. The van der Waals surface area contributed by atoms with Crippen LogP contribution >= 0.6 is 47.8 Å². The summed E-state index contributed by atoms with van der Waals surface area (Å²) >= 11 is 8.89. The molecule has 0 aromatic rings. The molecule has 0 heterocycles. The van der Waals surface area contributed by atoms with E-state index in [1.165, 1.54) is 0 Å². The van der Waals surface area contributed by atoms with Crippen molar-refractivity contribution >= 4 is 53.8 Å². The molecule has 0 spiro atoms. The minimum Gasteiger partial charge on any atom is -0.450 e. The van der Waals surface area contributed by atoms with E-state index in [4.69, 9.17) is 6.42 Å². The Morgan fingerprint density at radius 1 is 1.60 bits per heavy atom. The van der Waals surface area contributed by atoms with Gasteiger partial charge in [0.25, 0.3) is 0 Å². The third-order valence-electron chi connectivity index (χ3n) is 0.518. The molecule has 2 nitrogen and oxygen atoms in total. The van der Waals surface area contributed by atoms with E-state index < -0.39 is 8.11 Å². The number of terminal acetylenes is 1. The third kappa shape index (κ3) is 4.31. The van der Waals surface area contributed by atoms with E-state index in [1.807, 2.05) is 0 Å². The molecule has 0 radical (unpaired) electrons. The van der Waals surface area contributed by atoms with Gasteiger partial charge in [0.05, 0.1) is 0 Å². The van der Waals surface area contributed by atoms with Gasteiger partial charge in [0.1, 0.15) is 0 Å². The fourth-order valence-electron chi connectivity index (χ4n) is 0.189. The van der Waals surface area contributed by atoms with Crippen LogP contribution in [0.1, 0.15) is 0 Å². The van der Waals surface area contributed by atoms with Crippen LogP contribution in [0.4, 0.5) is 0 Å². The third-order valence-corrected chi connectivity index (χ3v) is 1.49. The van der Waals surface area contributed by atoms with Crippen LogP contribution in [0.25, 0.3) is 0 Å².